The highest BCUT2D eigenvalue weighted by molar-refractivity contribution is 9.10. The van der Waals surface area contributed by atoms with Gasteiger partial charge < -0.3 is 4.90 Å². The van der Waals surface area contributed by atoms with Crippen LogP contribution in [0.5, 0.6) is 0 Å². The average molecular weight is 310 g/mol. The molecule has 1 aromatic carbocycles. The summed E-state index contributed by atoms with van der Waals surface area (Å²) in [4.78, 5) is 14.6. The van der Waals surface area contributed by atoms with Crippen LogP contribution >= 0.6 is 15.9 Å². The van der Waals surface area contributed by atoms with Gasteiger partial charge in [-0.1, -0.05) is 28.9 Å². The second-order valence-corrected chi connectivity index (χ2v) is 5.87. The zero-order valence-electron chi connectivity index (χ0n) is 11.1. The lowest BCUT2D eigenvalue weighted by atomic mass is 9.98. The molecule has 1 fully saturated rings. The van der Waals surface area contributed by atoms with Crippen LogP contribution in [0.15, 0.2) is 22.7 Å². The number of carbonyl (C=O) groups excluding carboxylic acids is 1. The Morgan fingerprint density at radius 1 is 1.44 bits per heavy atom. The minimum Gasteiger partial charge on any atom is -0.336 e. The van der Waals surface area contributed by atoms with Gasteiger partial charge in [0.2, 0.25) is 0 Å². The molecule has 1 amide bonds. The molecule has 0 aromatic heterocycles. The lowest BCUT2D eigenvalue weighted by Gasteiger charge is -2.35. The smallest absolute Gasteiger partial charge is 0.254 e. The maximum absolute atomic E-state index is 12.5. The number of rotatable bonds is 2. The highest BCUT2D eigenvalue weighted by atomic mass is 79.9. The number of carbonyl (C=O) groups is 1. The fraction of sp³-hybridized carbons (Fsp3) is 0.533. The molecule has 1 atom stereocenters. The highest BCUT2D eigenvalue weighted by Gasteiger charge is 2.26. The lowest BCUT2D eigenvalue weighted by molar-refractivity contribution is 0.0608. The summed E-state index contributed by atoms with van der Waals surface area (Å²) >= 11 is 3.50. The van der Waals surface area contributed by atoms with Gasteiger partial charge >= 0.3 is 0 Å². The van der Waals surface area contributed by atoms with Crippen molar-refractivity contribution in [2.45, 2.75) is 45.6 Å². The first-order chi connectivity index (χ1) is 8.63. The summed E-state index contributed by atoms with van der Waals surface area (Å²) in [5.74, 6) is 0.183. The van der Waals surface area contributed by atoms with Crippen LogP contribution in [0.25, 0.3) is 0 Å². The topological polar surface area (TPSA) is 20.3 Å². The van der Waals surface area contributed by atoms with Crippen LogP contribution < -0.4 is 0 Å². The summed E-state index contributed by atoms with van der Waals surface area (Å²) in [6.07, 6.45) is 4.59. The third kappa shape index (κ3) is 2.77. The van der Waals surface area contributed by atoms with Crippen LogP contribution in [0.2, 0.25) is 0 Å². The molecule has 1 heterocycles. The molecule has 1 unspecified atom stereocenters. The normalized spacial score (nSPS) is 19.9. The van der Waals surface area contributed by atoms with Gasteiger partial charge in [-0.3, -0.25) is 4.79 Å². The molecule has 1 aliphatic heterocycles. The van der Waals surface area contributed by atoms with Crippen LogP contribution in [0, 0.1) is 6.92 Å². The summed E-state index contributed by atoms with van der Waals surface area (Å²) in [5, 5.41) is 0. The van der Waals surface area contributed by atoms with Crippen molar-refractivity contribution in [2.24, 2.45) is 0 Å². The molecule has 2 nitrogen and oxygen atoms in total. The quantitative estimate of drug-likeness (QED) is 0.803. The second kappa shape index (κ2) is 5.87. The molecule has 1 saturated heterocycles. The molecule has 2 rings (SSSR count). The van der Waals surface area contributed by atoms with Crippen molar-refractivity contribution in [1.29, 1.82) is 0 Å². The van der Waals surface area contributed by atoms with Gasteiger partial charge in [-0.15, -0.1) is 0 Å². The zero-order chi connectivity index (χ0) is 13.1. The predicted molar refractivity (Wildman–Crippen MR) is 77.8 cm³/mol. The van der Waals surface area contributed by atoms with Crippen LogP contribution in [0.1, 0.15) is 48.5 Å². The molecule has 0 aliphatic carbocycles. The Labute approximate surface area is 117 Å². The summed E-state index contributed by atoms with van der Waals surface area (Å²) in [5.41, 5.74) is 1.96. The summed E-state index contributed by atoms with van der Waals surface area (Å²) < 4.78 is 1.01. The molecule has 0 spiro atoms. The van der Waals surface area contributed by atoms with Crippen molar-refractivity contribution in [1.82, 2.24) is 4.90 Å². The molecule has 0 radical (unpaired) electrons. The molecule has 0 saturated carbocycles. The van der Waals surface area contributed by atoms with E-state index < -0.39 is 0 Å². The van der Waals surface area contributed by atoms with Gasteiger partial charge in [0.25, 0.3) is 5.91 Å². The largest absolute Gasteiger partial charge is 0.336 e. The molecule has 98 valence electrons. The van der Waals surface area contributed by atoms with Gasteiger partial charge in [0.05, 0.1) is 0 Å². The standard InChI is InChI=1S/C15H20BrNO/c1-3-13-6-4-5-9-17(13)15(18)12-8-7-11(2)14(16)10-12/h7-8,10,13H,3-6,9H2,1-2H3. The van der Waals surface area contributed by atoms with Crippen molar-refractivity contribution in [2.75, 3.05) is 6.54 Å². The van der Waals surface area contributed by atoms with Crippen molar-refractivity contribution < 1.29 is 4.79 Å². The van der Waals surface area contributed by atoms with E-state index in [1.165, 1.54) is 6.42 Å². The number of amides is 1. The van der Waals surface area contributed by atoms with Gasteiger partial charge in [-0.25, -0.2) is 0 Å². The number of halogens is 1. The third-order valence-corrected chi connectivity index (χ3v) is 4.63. The molecule has 18 heavy (non-hydrogen) atoms. The SMILES string of the molecule is CCC1CCCCN1C(=O)c1ccc(C)c(Br)c1. The van der Waals surface area contributed by atoms with Gasteiger partial charge in [0, 0.05) is 22.6 Å². The Kier molecular flexibility index (Phi) is 4.44. The molecule has 0 N–H and O–H groups in total. The van der Waals surface area contributed by atoms with E-state index in [-0.39, 0.29) is 5.91 Å². The minimum absolute atomic E-state index is 0.183. The van der Waals surface area contributed by atoms with Gasteiger partial charge in [-0.2, -0.15) is 0 Å². The van der Waals surface area contributed by atoms with E-state index in [1.807, 2.05) is 25.1 Å². The van der Waals surface area contributed by atoms with E-state index >= 15 is 0 Å². The van der Waals surface area contributed by atoms with E-state index in [0.717, 1.165) is 41.4 Å². The molecular weight excluding hydrogens is 290 g/mol. The van der Waals surface area contributed by atoms with Crippen LogP contribution in [0.3, 0.4) is 0 Å². The Morgan fingerprint density at radius 3 is 2.89 bits per heavy atom. The maximum atomic E-state index is 12.5. The number of aryl methyl sites for hydroxylation is 1. The van der Waals surface area contributed by atoms with Crippen molar-refractivity contribution in [3.8, 4) is 0 Å². The fourth-order valence-electron chi connectivity index (χ4n) is 2.58. The first-order valence-electron chi connectivity index (χ1n) is 6.70. The molecule has 0 bridgehead atoms. The summed E-state index contributed by atoms with van der Waals surface area (Å²) in [7, 11) is 0. The number of benzene rings is 1. The second-order valence-electron chi connectivity index (χ2n) is 5.02. The highest BCUT2D eigenvalue weighted by Crippen LogP contribution is 2.24. The number of hydrogen-bond donors (Lipinski definition) is 0. The van der Waals surface area contributed by atoms with E-state index in [2.05, 4.69) is 27.8 Å². The number of hydrogen-bond acceptors (Lipinski definition) is 1. The lowest BCUT2D eigenvalue weighted by Crippen LogP contribution is -2.43. The van der Waals surface area contributed by atoms with E-state index in [0.29, 0.717) is 6.04 Å². The Bertz CT molecular complexity index is 444. The summed E-state index contributed by atoms with van der Waals surface area (Å²) in [6.45, 7) is 5.11. The molecule has 1 aromatic rings. The van der Waals surface area contributed by atoms with Crippen LogP contribution in [-0.4, -0.2) is 23.4 Å². The number of nitrogens with zero attached hydrogens (tertiary/aromatic N) is 1. The Balaban J connectivity index is 2.21. The summed E-state index contributed by atoms with van der Waals surface area (Å²) in [6, 6.07) is 6.30. The first-order valence-corrected chi connectivity index (χ1v) is 7.50. The van der Waals surface area contributed by atoms with E-state index in [1.54, 1.807) is 0 Å². The van der Waals surface area contributed by atoms with Crippen molar-refractivity contribution in [3.05, 3.63) is 33.8 Å². The van der Waals surface area contributed by atoms with Gasteiger partial charge in [0.1, 0.15) is 0 Å². The number of likely N-dealkylation sites (tertiary alicyclic amines) is 1. The zero-order valence-corrected chi connectivity index (χ0v) is 12.7. The van der Waals surface area contributed by atoms with Gasteiger partial charge in [0.15, 0.2) is 0 Å². The fourth-order valence-corrected chi connectivity index (χ4v) is 2.96. The first kappa shape index (κ1) is 13.6. The molecule has 3 heteroatoms. The average Bonchev–Trinajstić information content (AvgIpc) is 2.41. The van der Waals surface area contributed by atoms with Gasteiger partial charge in [-0.05, 0) is 50.3 Å². The number of piperidine rings is 1. The Hall–Kier alpha value is -0.830. The minimum atomic E-state index is 0.183. The monoisotopic (exact) mass is 309 g/mol. The van der Waals surface area contributed by atoms with E-state index in [4.69, 9.17) is 0 Å². The molecular formula is C15H20BrNO. The molecule has 1 aliphatic rings. The van der Waals surface area contributed by atoms with Crippen molar-refractivity contribution >= 4 is 21.8 Å². The predicted octanol–water partition coefficient (Wildman–Crippen LogP) is 4.16. The third-order valence-electron chi connectivity index (χ3n) is 3.78. The maximum Gasteiger partial charge on any atom is 0.254 e. The Morgan fingerprint density at radius 2 is 2.22 bits per heavy atom. The van der Waals surface area contributed by atoms with Crippen LogP contribution in [-0.2, 0) is 0 Å². The van der Waals surface area contributed by atoms with E-state index in [9.17, 15) is 4.79 Å². The van der Waals surface area contributed by atoms with Crippen LogP contribution in [0.4, 0.5) is 0 Å². The van der Waals surface area contributed by atoms with Crippen molar-refractivity contribution in [3.63, 3.8) is 0 Å².